The van der Waals surface area contributed by atoms with Gasteiger partial charge in [0.05, 0.1) is 6.10 Å². The van der Waals surface area contributed by atoms with Crippen molar-refractivity contribution in [1.29, 1.82) is 0 Å². The summed E-state index contributed by atoms with van der Waals surface area (Å²) in [6, 6.07) is 2.67. The molecule has 0 aromatic heterocycles. The Bertz CT molecular complexity index is 321. The molecule has 1 aromatic carbocycles. The highest BCUT2D eigenvalue weighted by Gasteiger charge is 2.11. The molecule has 0 aliphatic heterocycles. The summed E-state index contributed by atoms with van der Waals surface area (Å²) < 4.78 is 26.6. The minimum Gasteiger partial charge on any atom is -0.393 e. The average molecular weight is 200 g/mol. The fourth-order valence-electron chi connectivity index (χ4n) is 1.30. The third-order valence-electron chi connectivity index (χ3n) is 2.19. The van der Waals surface area contributed by atoms with Crippen molar-refractivity contribution in [2.45, 2.75) is 32.8 Å². The molecule has 3 heteroatoms. The van der Waals surface area contributed by atoms with E-state index in [1.54, 1.807) is 13.8 Å². The van der Waals surface area contributed by atoms with E-state index < -0.39 is 17.7 Å². The van der Waals surface area contributed by atoms with Gasteiger partial charge in [-0.05, 0) is 38.3 Å². The van der Waals surface area contributed by atoms with E-state index in [0.29, 0.717) is 12.0 Å². The Labute approximate surface area is 82.4 Å². The van der Waals surface area contributed by atoms with Crippen LogP contribution in [0.2, 0.25) is 0 Å². The van der Waals surface area contributed by atoms with Gasteiger partial charge in [-0.3, -0.25) is 0 Å². The van der Waals surface area contributed by atoms with E-state index >= 15 is 0 Å². The Morgan fingerprint density at radius 1 is 1.36 bits per heavy atom. The van der Waals surface area contributed by atoms with E-state index in [4.69, 9.17) is 5.11 Å². The number of halogens is 2. The second-order valence-electron chi connectivity index (χ2n) is 3.54. The van der Waals surface area contributed by atoms with Crippen LogP contribution in [-0.4, -0.2) is 11.2 Å². The zero-order chi connectivity index (χ0) is 10.7. The predicted molar refractivity (Wildman–Crippen MR) is 51.1 cm³/mol. The van der Waals surface area contributed by atoms with Crippen LogP contribution in [0.5, 0.6) is 0 Å². The van der Waals surface area contributed by atoms with Gasteiger partial charge < -0.3 is 5.11 Å². The molecule has 0 fully saturated rings. The van der Waals surface area contributed by atoms with Gasteiger partial charge in [0.15, 0.2) is 0 Å². The molecule has 78 valence electrons. The Morgan fingerprint density at radius 3 is 2.57 bits per heavy atom. The number of rotatable bonds is 3. The van der Waals surface area contributed by atoms with Crippen molar-refractivity contribution >= 4 is 0 Å². The van der Waals surface area contributed by atoms with Gasteiger partial charge in [-0.15, -0.1) is 0 Å². The third kappa shape index (κ3) is 2.51. The summed E-state index contributed by atoms with van der Waals surface area (Å²) in [7, 11) is 0. The summed E-state index contributed by atoms with van der Waals surface area (Å²) in [5.41, 5.74) is 0.512. The van der Waals surface area contributed by atoms with Crippen LogP contribution in [0.4, 0.5) is 8.78 Å². The molecule has 0 unspecified atom stereocenters. The summed E-state index contributed by atoms with van der Waals surface area (Å²) in [4.78, 5) is 0. The van der Waals surface area contributed by atoms with Crippen LogP contribution >= 0.6 is 0 Å². The first-order valence-electron chi connectivity index (χ1n) is 4.64. The molecule has 0 heterocycles. The Kier molecular flexibility index (Phi) is 3.58. The Morgan fingerprint density at radius 2 is 2.00 bits per heavy atom. The smallest absolute Gasteiger partial charge is 0.132 e. The average Bonchev–Trinajstić information content (AvgIpc) is 2.11. The van der Waals surface area contributed by atoms with Gasteiger partial charge in [0.1, 0.15) is 11.6 Å². The van der Waals surface area contributed by atoms with Gasteiger partial charge in [-0.25, -0.2) is 8.78 Å². The Balaban J connectivity index is 2.89. The summed E-state index contributed by atoms with van der Waals surface area (Å²) in [6.45, 7) is 3.20. The van der Waals surface area contributed by atoms with Gasteiger partial charge in [0.25, 0.3) is 0 Å². The Hall–Kier alpha value is -0.960. The highest BCUT2D eigenvalue weighted by atomic mass is 19.1. The maximum absolute atomic E-state index is 13.4. The molecule has 0 spiro atoms. The van der Waals surface area contributed by atoms with Gasteiger partial charge in [0.2, 0.25) is 0 Å². The number of hydrogen-bond acceptors (Lipinski definition) is 1. The van der Waals surface area contributed by atoms with Crippen LogP contribution in [0.1, 0.15) is 24.5 Å². The summed E-state index contributed by atoms with van der Waals surface area (Å²) in [5.74, 6) is -1.03. The van der Waals surface area contributed by atoms with Crippen LogP contribution in [0.25, 0.3) is 0 Å². The SMILES string of the molecule is Cc1ccc(F)c(CC[C@H](C)O)c1F. The number of benzene rings is 1. The standard InChI is InChI=1S/C11H14F2O/c1-7-3-6-10(12)9(11(7)13)5-4-8(2)14/h3,6,8,14H,4-5H2,1-2H3/t8-/m0/s1. The predicted octanol–water partition coefficient (Wildman–Crippen LogP) is 2.59. The number of aryl methyl sites for hydroxylation is 1. The van der Waals surface area contributed by atoms with E-state index in [-0.39, 0.29) is 12.0 Å². The highest BCUT2D eigenvalue weighted by Crippen LogP contribution is 2.18. The van der Waals surface area contributed by atoms with Crippen molar-refractivity contribution in [1.82, 2.24) is 0 Å². The van der Waals surface area contributed by atoms with Gasteiger partial charge in [-0.1, -0.05) is 6.07 Å². The lowest BCUT2D eigenvalue weighted by Crippen LogP contribution is -2.05. The largest absolute Gasteiger partial charge is 0.393 e. The fourth-order valence-corrected chi connectivity index (χ4v) is 1.30. The number of hydrogen-bond donors (Lipinski definition) is 1. The van der Waals surface area contributed by atoms with E-state index in [1.165, 1.54) is 12.1 Å². The molecular weight excluding hydrogens is 186 g/mol. The maximum atomic E-state index is 13.4. The lowest BCUT2D eigenvalue weighted by molar-refractivity contribution is 0.184. The van der Waals surface area contributed by atoms with E-state index in [1.807, 2.05) is 0 Å². The number of aliphatic hydroxyl groups excluding tert-OH is 1. The molecule has 0 saturated carbocycles. The first-order valence-corrected chi connectivity index (χ1v) is 4.64. The molecule has 0 radical (unpaired) electrons. The van der Waals surface area contributed by atoms with Gasteiger partial charge in [0, 0.05) is 5.56 Å². The van der Waals surface area contributed by atoms with Crippen LogP contribution in [0, 0.1) is 18.6 Å². The normalized spacial score (nSPS) is 12.9. The molecule has 0 aliphatic rings. The molecular formula is C11H14F2O. The third-order valence-corrected chi connectivity index (χ3v) is 2.19. The van der Waals surface area contributed by atoms with Crippen LogP contribution in [-0.2, 0) is 6.42 Å². The molecule has 1 rings (SSSR count). The van der Waals surface area contributed by atoms with Crippen LogP contribution < -0.4 is 0 Å². The summed E-state index contributed by atoms with van der Waals surface area (Å²) >= 11 is 0. The monoisotopic (exact) mass is 200 g/mol. The van der Waals surface area contributed by atoms with Crippen molar-refractivity contribution in [3.8, 4) is 0 Å². The second-order valence-corrected chi connectivity index (χ2v) is 3.54. The van der Waals surface area contributed by atoms with Gasteiger partial charge >= 0.3 is 0 Å². The molecule has 14 heavy (non-hydrogen) atoms. The molecule has 1 nitrogen and oxygen atoms in total. The molecule has 1 N–H and O–H groups in total. The second kappa shape index (κ2) is 4.51. The molecule has 0 aliphatic carbocycles. The van der Waals surface area contributed by atoms with E-state index in [2.05, 4.69) is 0 Å². The first-order chi connectivity index (χ1) is 6.52. The quantitative estimate of drug-likeness (QED) is 0.795. The molecule has 1 aromatic rings. The topological polar surface area (TPSA) is 20.2 Å². The highest BCUT2D eigenvalue weighted by molar-refractivity contribution is 5.26. The lowest BCUT2D eigenvalue weighted by Gasteiger charge is -2.08. The van der Waals surface area contributed by atoms with Gasteiger partial charge in [-0.2, -0.15) is 0 Å². The minimum absolute atomic E-state index is 0.0749. The van der Waals surface area contributed by atoms with E-state index in [9.17, 15) is 8.78 Å². The first kappa shape index (κ1) is 11.1. The van der Waals surface area contributed by atoms with Crippen molar-refractivity contribution in [2.24, 2.45) is 0 Å². The molecule has 0 bridgehead atoms. The molecule has 0 amide bonds. The molecule has 0 saturated heterocycles. The maximum Gasteiger partial charge on any atom is 0.132 e. The minimum atomic E-state index is -0.534. The summed E-state index contributed by atoms with van der Waals surface area (Å²) in [6.07, 6.45) is 0.0724. The van der Waals surface area contributed by atoms with E-state index in [0.717, 1.165) is 0 Å². The summed E-state index contributed by atoms with van der Waals surface area (Å²) in [5, 5.41) is 9.02. The number of aliphatic hydroxyl groups is 1. The van der Waals surface area contributed by atoms with Crippen molar-refractivity contribution in [3.05, 3.63) is 34.9 Å². The molecule has 1 atom stereocenters. The lowest BCUT2D eigenvalue weighted by atomic mass is 10.0. The van der Waals surface area contributed by atoms with Crippen LogP contribution in [0.3, 0.4) is 0 Å². The fraction of sp³-hybridized carbons (Fsp3) is 0.455. The zero-order valence-electron chi connectivity index (χ0n) is 8.35. The van der Waals surface area contributed by atoms with Crippen molar-refractivity contribution in [2.75, 3.05) is 0 Å². The van der Waals surface area contributed by atoms with Crippen LogP contribution in [0.15, 0.2) is 12.1 Å². The van der Waals surface area contributed by atoms with Crippen molar-refractivity contribution in [3.63, 3.8) is 0 Å². The van der Waals surface area contributed by atoms with Crippen molar-refractivity contribution < 1.29 is 13.9 Å². The zero-order valence-corrected chi connectivity index (χ0v) is 8.35.